The third-order valence-electron chi connectivity index (χ3n) is 4.56. The average Bonchev–Trinajstić information content (AvgIpc) is 2.41. The molecule has 0 saturated heterocycles. The molecule has 0 unspecified atom stereocenters. The van der Waals surface area contributed by atoms with Crippen molar-refractivity contribution >= 4 is 17.5 Å². The Morgan fingerprint density at radius 2 is 1.95 bits per heavy atom. The third-order valence-corrected chi connectivity index (χ3v) is 4.80. The highest BCUT2D eigenvalue weighted by Gasteiger charge is 2.60. The topological polar surface area (TPSA) is 64.3 Å². The van der Waals surface area contributed by atoms with Crippen molar-refractivity contribution in [3.05, 3.63) is 29.3 Å². The van der Waals surface area contributed by atoms with Gasteiger partial charge in [0.2, 0.25) is 0 Å². The first-order valence-corrected chi connectivity index (χ1v) is 7.47. The number of hydrogen-bond donors (Lipinski definition) is 2. The monoisotopic (exact) mass is 310 g/mol. The number of carbonyl (C=O) groups excluding carboxylic acids is 1. The molecule has 1 saturated carbocycles. The Hall–Kier alpha value is -1.26. The van der Waals surface area contributed by atoms with E-state index < -0.39 is 0 Å². The number of rotatable bonds is 4. The maximum absolute atomic E-state index is 12.1. The van der Waals surface area contributed by atoms with Crippen LogP contribution < -0.4 is 15.8 Å². The Bertz CT molecular complexity index is 527. The minimum atomic E-state index is -0.145. The normalized spacial score (nSPS) is 25.8. The summed E-state index contributed by atoms with van der Waals surface area (Å²) in [5.41, 5.74) is 5.95. The van der Waals surface area contributed by atoms with Crippen LogP contribution in [0.1, 0.15) is 27.7 Å². The smallest absolute Gasteiger partial charge is 0.258 e. The van der Waals surface area contributed by atoms with Crippen molar-refractivity contribution < 1.29 is 9.53 Å². The Morgan fingerprint density at radius 3 is 2.52 bits per heavy atom. The molecule has 1 aliphatic carbocycles. The van der Waals surface area contributed by atoms with Gasteiger partial charge >= 0.3 is 0 Å². The minimum Gasteiger partial charge on any atom is -0.484 e. The van der Waals surface area contributed by atoms with E-state index in [-0.39, 0.29) is 35.4 Å². The van der Waals surface area contributed by atoms with E-state index in [1.165, 1.54) is 0 Å². The molecule has 0 aromatic heterocycles. The Labute approximate surface area is 131 Å². The van der Waals surface area contributed by atoms with Gasteiger partial charge in [0.1, 0.15) is 5.75 Å². The number of ether oxygens (including phenoxy) is 1. The van der Waals surface area contributed by atoms with Crippen LogP contribution in [0.5, 0.6) is 5.75 Å². The van der Waals surface area contributed by atoms with Crippen LogP contribution in [0.3, 0.4) is 0 Å². The number of benzene rings is 1. The lowest BCUT2D eigenvalue weighted by atomic mass is 9.48. The molecule has 0 bridgehead atoms. The molecule has 1 aromatic carbocycles. The van der Waals surface area contributed by atoms with Crippen molar-refractivity contribution in [1.29, 1.82) is 0 Å². The molecule has 1 aliphatic rings. The molecular weight excluding hydrogens is 288 g/mol. The predicted molar refractivity (Wildman–Crippen MR) is 84.4 cm³/mol. The van der Waals surface area contributed by atoms with Crippen LogP contribution in [-0.4, -0.2) is 24.6 Å². The van der Waals surface area contributed by atoms with E-state index in [1.807, 2.05) is 0 Å². The van der Waals surface area contributed by atoms with Crippen LogP contribution in [0.2, 0.25) is 5.02 Å². The molecular formula is C16H23ClN2O2. The van der Waals surface area contributed by atoms with Gasteiger partial charge in [0.05, 0.1) is 0 Å². The molecule has 0 spiro atoms. The first-order chi connectivity index (χ1) is 9.65. The van der Waals surface area contributed by atoms with E-state index in [4.69, 9.17) is 22.1 Å². The largest absolute Gasteiger partial charge is 0.484 e. The van der Waals surface area contributed by atoms with Gasteiger partial charge in [-0.1, -0.05) is 45.4 Å². The zero-order valence-corrected chi connectivity index (χ0v) is 13.7. The molecule has 21 heavy (non-hydrogen) atoms. The highest BCUT2D eigenvalue weighted by atomic mass is 35.5. The summed E-state index contributed by atoms with van der Waals surface area (Å²) in [7, 11) is 0. The van der Waals surface area contributed by atoms with E-state index in [0.717, 1.165) is 0 Å². The Balaban J connectivity index is 1.91. The van der Waals surface area contributed by atoms with Crippen molar-refractivity contribution in [2.45, 2.75) is 39.8 Å². The van der Waals surface area contributed by atoms with E-state index in [1.54, 1.807) is 24.3 Å². The van der Waals surface area contributed by atoms with Gasteiger partial charge in [-0.05, 0) is 18.2 Å². The van der Waals surface area contributed by atoms with Crippen molar-refractivity contribution in [1.82, 2.24) is 5.32 Å². The lowest BCUT2D eigenvalue weighted by Gasteiger charge is -2.62. The van der Waals surface area contributed by atoms with Gasteiger partial charge in [-0.25, -0.2) is 0 Å². The minimum absolute atomic E-state index is 0.0295. The van der Waals surface area contributed by atoms with Gasteiger partial charge in [0.25, 0.3) is 5.91 Å². The molecule has 1 fully saturated rings. The van der Waals surface area contributed by atoms with Gasteiger partial charge in [0.15, 0.2) is 6.61 Å². The van der Waals surface area contributed by atoms with E-state index in [9.17, 15) is 4.79 Å². The first kappa shape index (κ1) is 16.1. The quantitative estimate of drug-likeness (QED) is 0.898. The molecule has 0 aliphatic heterocycles. The SMILES string of the molecule is CC1(C)C(N)C(C)(C)C1NC(=O)COc1cccc(Cl)c1. The number of amides is 1. The molecule has 2 rings (SSSR count). The maximum Gasteiger partial charge on any atom is 0.258 e. The summed E-state index contributed by atoms with van der Waals surface area (Å²) in [6.07, 6.45) is 0. The number of carbonyl (C=O) groups is 1. The molecule has 0 radical (unpaired) electrons. The molecule has 4 nitrogen and oxygen atoms in total. The number of halogens is 1. The highest BCUT2D eigenvalue weighted by Crippen LogP contribution is 2.52. The number of nitrogens with two attached hydrogens (primary N) is 1. The Kier molecular flexibility index (Phi) is 4.22. The molecule has 5 heteroatoms. The zero-order valence-electron chi connectivity index (χ0n) is 12.9. The molecule has 0 atom stereocenters. The molecule has 3 N–H and O–H groups in total. The average molecular weight is 311 g/mol. The molecule has 1 amide bonds. The van der Waals surface area contributed by atoms with Crippen LogP contribution in [0.4, 0.5) is 0 Å². The Morgan fingerprint density at radius 1 is 1.33 bits per heavy atom. The predicted octanol–water partition coefficient (Wildman–Crippen LogP) is 2.60. The second-order valence-corrected chi connectivity index (χ2v) is 7.30. The molecule has 1 aromatic rings. The fraction of sp³-hybridized carbons (Fsp3) is 0.562. The maximum atomic E-state index is 12.1. The fourth-order valence-electron chi connectivity index (χ4n) is 3.46. The van der Waals surface area contributed by atoms with Gasteiger partial charge < -0.3 is 15.8 Å². The first-order valence-electron chi connectivity index (χ1n) is 7.09. The van der Waals surface area contributed by atoms with Gasteiger partial charge in [-0.15, -0.1) is 0 Å². The van der Waals surface area contributed by atoms with Crippen molar-refractivity contribution in [3.63, 3.8) is 0 Å². The third kappa shape index (κ3) is 3.01. The van der Waals surface area contributed by atoms with Crippen LogP contribution in [-0.2, 0) is 4.79 Å². The summed E-state index contributed by atoms with van der Waals surface area (Å²) in [4.78, 5) is 12.1. The summed E-state index contributed by atoms with van der Waals surface area (Å²) in [5.74, 6) is 0.439. The van der Waals surface area contributed by atoms with Gasteiger partial charge in [-0.3, -0.25) is 4.79 Å². The second kappa shape index (κ2) is 5.50. The lowest BCUT2D eigenvalue weighted by Crippen LogP contribution is -2.76. The number of hydrogen-bond acceptors (Lipinski definition) is 3. The molecule has 0 heterocycles. The van der Waals surface area contributed by atoms with Gasteiger partial charge in [0, 0.05) is 27.9 Å². The summed E-state index contributed by atoms with van der Waals surface area (Å²) in [6, 6.07) is 7.09. The van der Waals surface area contributed by atoms with Crippen LogP contribution in [0.25, 0.3) is 0 Å². The van der Waals surface area contributed by atoms with Crippen LogP contribution >= 0.6 is 11.6 Å². The lowest BCUT2D eigenvalue weighted by molar-refractivity contribution is -0.134. The van der Waals surface area contributed by atoms with E-state index in [2.05, 4.69) is 33.0 Å². The van der Waals surface area contributed by atoms with Crippen LogP contribution in [0, 0.1) is 10.8 Å². The van der Waals surface area contributed by atoms with E-state index >= 15 is 0 Å². The summed E-state index contributed by atoms with van der Waals surface area (Å²) < 4.78 is 5.45. The van der Waals surface area contributed by atoms with Crippen molar-refractivity contribution in [2.75, 3.05) is 6.61 Å². The molecule has 116 valence electrons. The fourth-order valence-corrected chi connectivity index (χ4v) is 3.64. The summed E-state index contributed by atoms with van der Waals surface area (Å²) in [5, 5.41) is 3.62. The summed E-state index contributed by atoms with van der Waals surface area (Å²) in [6.45, 7) is 8.27. The highest BCUT2D eigenvalue weighted by molar-refractivity contribution is 6.30. The standard InChI is InChI=1S/C16H23ClN2O2/c1-15(2)13(18)16(3,4)14(15)19-12(20)9-21-11-7-5-6-10(17)8-11/h5-8,13-14H,9,18H2,1-4H3,(H,19,20). The van der Waals surface area contributed by atoms with Crippen molar-refractivity contribution in [3.8, 4) is 5.75 Å². The van der Waals surface area contributed by atoms with Crippen LogP contribution in [0.15, 0.2) is 24.3 Å². The second-order valence-electron chi connectivity index (χ2n) is 6.87. The van der Waals surface area contributed by atoms with E-state index in [0.29, 0.717) is 10.8 Å². The van der Waals surface area contributed by atoms with Crippen molar-refractivity contribution in [2.24, 2.45) is 16.6 Å². The summed E-state index contributed by atoms with van der Waals surface area (Å²) >= 11 is 5.87. The number of nitrogens with one attached hydrogen (secondary N) is 1. The van der Waals surface area contributed by atoms with Gasteiger partial charge in [-0.2, -0.15) is 0 Å². The zero-order chi connectivity index (χ0) is 15.8.